The van der Waals surface area contributed by atoms with Gasteiger partial charge in [-0.25, -0.2) is 4.99 Å². The highest BCUT2D eigenvalue weighted by Crippen LogP contribution is 2.29. The molecular formula is C18H21F3N2S. The van der Waals surface area contributed by atoms with Crippen LogP contribution in [0, 0.1) is 0 Å². The fourth-order valence-corrected chi connectivity index (χ4v) is 2.50. The highest BCUT2D eigenvalue weighted by Gasteiger charge is 2.27. The second-order valence-corrected chi connectivity index (χ2v) is 6.13. The first-order chi connectivity index (χ1) is 11.3. The standard InChI is InChI=1S/C18H21F3N2S/c1-5-7-9-14(6-2)17(23(3)4)22-15-10-8-11-16(12-15)24-13-18(19,20)21/h5-12H,2,13H2,1,3-4H3/b7-5-,14-9+,22-17?. The Morgan fingerprint density at radius 3 is 2.58 bits per heavy atom. The number of rotatable bonds is 6. The van der Waals surface area contributed by atoms with Crippen LogP contribution in [0.25, 0.3) is 0 Å². The monoisotopic (exact) mass is 354 g/mol. The maximum Gasteiger partial charge on any atom is 0.398 e. The van der Waals surface area contributed by atoms with E-state index in [9.17, 15) is 13.2 Å². The van der Waals surface area contributed by atoms with E-state index in [-0.39, 0.29) is 0 Å². The molecule has 0 radical (unpaired) electrons. The molecule has 24 heavy (non-hydrogen) atoms. The quantitative estimate of drug-likeness (QED) is 0.285. The number of allylic oxidation sites excluding steroid dienone is 3. The summed E-state index contributed by atoms with van der Waals surface area (Å²) >= 11 is 0.751. The summed E-state index contributed by atoms with van der Waals surface area (Å²) in [5.41, 5.74) is 1.42. The zero-order chi connectivity index (χ0) is 18.2. The molecule has 0 bridgehead atoms. The van der Waals surface area contributed by atoms with Gasteiger partial charge in [0.1, 0.15) is 5.84 Å². The molecule has 1 aromatic carbocycles. The van der Waals surface area contributed by atoms with Crippen LogP contribution in [0.3, 0.4) is 0 Å². The van der Waals surface area contributed by atoms with Crippen molar-refractivity contribution in [3.63, 3.8) is 0 Å². The van der Waals surface area contributed by atoms with Crippen LogP contribution in [0.5, 0.6) is 0 Å². The molecule has 0 saturated heterocycles. The van der Waals surface area contributed by atoms with Gasteiger partial charge in [0.2, 0.25) is 0 Å². The van der Waals surface area contributed by atoms with Crippen molar-refractivity contribution in [2.75, 3.05) is 19.8 Å². The van der Waals surface area contributed by atoms with Crippen molar-refractivity contribution in [1.82, 2.24) is 4.90 Å². The number of alkyl halides is 3. The van der Waals surface area contributed by atoms with Gasteiger partial charge < -0.3 is 4.90 Å². The SMILES string of the molecule is C=C/C(=C\C=C/C)C(=Nc1cccc(SCC(F)(F)F)c1)N(C)C. The number of amidine groups is 1. The van der Waals surface area contributed by atoms with Gasteiger partial charge in [-0.15, -0.1) is 11.8 Å². The molecule has 0 fully saturated rings. The summed E-state index contributed by atoms with van der Waals surface area (Å²) in [5, 5.41) is 0. The second kappa shape index (κ2) is 9.37. The van der Waals surface area contributed by atoms with Gasteiger partial charge in [-0.3, -0.25) is 0 Å². The molecule has 0 aromatic heterocycles. The van der Waals surface area contributed by atoms with Crippen molar-refractivity contribution < 1.29 is 13.2 Å². The van der Waals surface area contributed by atoms with Gasteiger partial charge in [0, 0.05) is 24.6 Å². The van der Waals surface area contributed by atoms with Crippen LogP contribution >= 0.6 is 11.8 Å². The van der Waals surface area contributed by atoms with Crippen LogP contribution in [0.2, 0.25) is 0 Å². The molecule has 0 saturated carbocycles. The first kappa shape index (κ1) is 20.1. The summed E-state index contributed by atoms with van der Waals surface area (Å²) in [7, 11) is 3.71. The van der Waals surface area contributed by atoms with Crippen molar-refractivity contribution in [2.45, 2.75) is 18.0 Å². The van der Waals surface area contributed by atoms with Gasteiger partial charge in [-0.2, -0.15) is 13.2 Å². The van der Waals surface area contributed by atoms with E-state index in [0.29, 0.717) is 16.4 Å². The largest absolute Gasteiger partial charge is 0.398 e. The lowest BCUT2D eigenvalue weighted by molar-refractivity contribution is -0.105. The minimum absolute atomic E-state index is 0.532. The Morgan fingerprint density at radius 2 is 2.04 bits per heavy atom. The average Bonchev–Trinajstić information content (AvgIpc) is 2.52. The minimum atomic E-state index is -4.19. The van der Waals surface area contributed by atoms with E-state index >= 15 is 0 Å². The van der Waals surface area contributed by atoms with Crippen molar-refractivity contribution >= 4 is 23.3 Å². The van der Waals surface area contributed by atoms with Gasteiger partial charge >= 0.3 is 6.18 Å². The molecule has 0 heterocycles. The van der Waals surface area contributed by atoms with E-state index in [1.165, 1.54) is 0 Å². The Morgan fingerprint density at radius 1 is 1.33 bits per heavy atom. The minimum Gasteiger partial charge on any atom is -0.362 e. The number of likely N-dealkylation sites (N-methyl/N-ethyl adjacent to an activating group) is 1. The van der Waals surface area contributed by atoms with Crippen molar-refractivity contribution in [1.29, 1.82) is 0 Å². The molecule has 1 aromatic rings. The van der Waals surface area contributed by atoms with Crippen LogP contribution in [0.4, 0.5) is 18.9 Å². The maximum atomic E-state index is 12.3. The van der Waals surface area contributed by atoms with E-state index in [2.05, 4.69) is 11.6 Å². The van der Waals surface area contributed by atoms with Gasteiger partial charge in [-0.1, -0.05) is 36.9 Å². The summed E-state index contributed by atoms with van der Waals surface area (Å²) in [4.78, 5) is 6.93. The Balaban J connectivity index is 3.12. The molecule has 6 heteroatoms. The summed E-state index contributed by atoms with van der Waals surface area (Å²) in [6, 6.07) is 6.76. The predicted molar refractivity (Wildman–Crippen MR) is 97.1 cm³/mol. The smallest absolute Gasteiger partial charge is 0.362 e. The Labute approximate surface area is 145 Å². The van der Waals surface area contributed by atoms with Gasteiger partial charge in [0.05, 0.1) is 11.4 Å². The van der Waals surface area contributed by atoms with E-state index in [0.717, 1.165) is 17.3 Å². The van der Waals surface area contributed by atoms with Crippen molar-refractivity contribution in [2.24, 2.45) is 4.99 Å². The molecule has 1 rings (SSSR count). The third-order valence-corrected chi connectivity index (χ3v) is 3.88. The Kier molecular flexibility index (Phi) is 7.85. The van der Waals surface area contributed by atoms with E-state index < -0.39 is 11.9 Å². The summed E-state index contributed by atoms with van der Waals surface area (Å²) in [6.07, 6.45) is 3.16. The van der Waals surface area contributed by atoms with Crippen molar-refractivity contribution in [3.05, 3.63) is 60.7 Å². The highest BCUT2D eigenvalue weighted by atomic mass is 32.2. The van der Waals surface area contributed by atoms with Crippen LogP contribution < -0.4 is 0 Å². The predicted octanol–water partition coefficient (Wildman–Crippen LogP) is 5.62. The molecular weight excluding hydrogens is 333 g/mol. The lowest BCUT2D eigenvalue weighted by atomic mass is 10.2. The fraction of sp³-hybridized carbons (Fsp3) is 0.278. The van der Waals surface area contributed by atoms with Gasteiger partial charge in [0.15, 0.2) is 0 Å². The van der Waals surface area contributed by atoms with E-state index in [1.807, 2.05) is 44.1 Å². The topological polar surface area (TPSA) is 15.6 Å². The zero-order valence-corrected chi connectivity index (χ0v) is 14.8. The molecule has 0 spiro atoms. The Hall–Kier alpha value is -1.95. The second-order valence-electron chi connectivity index (χ2n) is 5.08. The third-order valence-electron chi connectivity index (χ3n) is 2.83. The fourth-order valence-electron chi connectivity index (χ4n) is 1.79. The molecule has 0 atom stereocenters. The zero-order valence-electron chi connectivity index (χ0n) is 14.0. The molecule has 0 unspecified atom stereocenters. The van der Waals surface area contributed by atoms with Gasteiger partial charge in [-0.05, 0) is 25.1 Å². The number of aliphatic imine (C=N–C) groups is 1. The van der Waals surface area contributed by atoms with Crippen molar-refractivity contribution in [3.8, 4) is 0 Å². The Bertz CT molecular complexity index is 644. The highest BCUT2D eigenvalue weighted by molar-refractivity contribution is 7.99. The lowest BCUT2D eigenvalue weighted by Crippen LogP contribution is -2.23. The van der Waals surface area contributed by atoms with E-state index in [1.54, 1.807) is 30.3 Å². The summed E-state index contributed by atoms with van der Waals surface area (Å²) in [6.45, 7) is 5.70. The number of nitrogens with zero attached hydrogens (tertiary/aromatic N) is 2. The number of halogens is 3. The maximum absolute atomic E-state index is 12.3. The number of hydrogen-bond acceptors (Lipinski definition) is 2. The molecule has 0 N–H and O–H groups in total. The van der Waals surface area contributed by atoms with Crippen LogP contribution in [-0.2, 0) is 0 Å². The molecule has 130 valence electrons. The summed E-state index contributed by atoms with van der Waals surface area (Å²) < 4.78 is 37.0. The van der Waals surface area contributed by atoms with E-state index in [4.69, 9.17) is 0 Å². The number of benzene rings is 1. The third kappa shape index (κ3) is 7.08. The first-order valence-electron chi connectivity index (χ1n) is 7.28. The first-order valence-corrected chi connectivity index (χ1v) is 8.27. The summed E-state index contributed by atoms with van der Waals surface area (Å²) in [5.74, 6) is -0.235. The molecule has 0 aliphatic heterocycles. The lowest BCUT2D eigenvalue weighted by Gasteiger charge is -2.17. The molecule has 0 aliphatic carbocycles. The molecule has 2 nitrogen and oxygen atoms in total. The normalized spacial score (nSPS) is 13.4. The van der Waals surface area contributed by atoms with Crippen LogP contribution in [0.15, 0.2) is 70.6 Å². The van der Waals surface area contributed by atoms with Crippen LogP contribution in [0.1, 0.15) is 6.92 Å². The molecule has 0 amide bonds. The average molecular weight is 354 g/mol. The number of hydrogen-bond donors (Lipinski definition) is 0. The van der Waals surface area contributed by atoms with Crippen LogP contribution in [-0.4, -0.2) is 36.8 Å². The number of thioether (sulfide) groups is 1. The molecule has 0 aliphatic rings. The van der Waals surface area contributed by atoms with Gasteiger partial charge in [0.25, 0.3) is 0 Å².